The molecule has 0 bridgehead atoms. The van der Waals surface area contributed by atoms with Crippen LogP contribution >= 0.6 is 27.3 Å². The van der Waals surface area contributed by atoms with Gasteiger partial charge in [-0.25, -0.2) is 19.7 Å². The fourth-order valence-corrected chi connectivity index (χ4v) is 4.56. The van der Waals surface area contributed by atoms with Gasteiger partial charge in [0.2, 0.25) is 0 Å². The van der Waals surface area contributed by atoms with Gasteiger partial charge in [0, 0.05) is 36.3 Å². The Morgan fingerprint density at radius 2 is 2.19 bits per heavy atom. The van der Waals surface area contributed by atoms with Crippen molar-refractivity contribution in [2.45, 2.75) is 6.42 Å². The minimum Gasteiger partial charge on any atom is -0.340 e. The fourth-order valence-electron chi connectivity index (χ4n) is 3.65. The first-order valence-corrected chi connectivity index (χ1v) is 11.9. The molecule has 0 fully saturated rings. The van der Waals surface area contributed by atoms with Crippen molar-refractivity contribution >= 4 is 71.6 Å². The Labute approximate surface area is 190 Å². The predicted octanol–water partition coefficient (Wildman–Crippen LogP) is 4.50. The van der Waals surface area contributed by atoms with Gasteiger partial charge >= 0.3 is 6.03 Å². The van der Waals surface area contributed by atoms with Gasteiger partial charge in [-0.2, -0.15) is 0 Å². The highest BCUT2D eigenvalue weighted by molar-refractivity contribution is 9.09. The smallest absolute Gasteiger partial charge is 0.317 e. The number of aromatic amines is 1. The Hall–Kier alpha value is -2.98. The molecule has 10 heteroatoms. The molecule has 1 aliphatic rings. The number of hydrogen-bond donors (Lipinski definition) is 3. The predicted molar refractivity (Wildman–Crippen MR) is 128 cm³/mol. The van der Waals surface area contributed by atoms with Crippen LogP contribution in [0.25, 0.3) is 26.8 Å². The Morgan fingerprint density at radius 3 is 3.03 bits per heavy atom. The number of thiazole rings is 1. The zero-order valence-corrected chi connectivity index (χ0v) is 19.0. The SMILES string of the molecule is O=C(NCCBr)N1CC=C(c2cc3c(Nc4ccc5ncsc5c4)ncnc3[nH]2)CC1. The fraction of sp³-hybridized carbons (Fsp3) is 0.238. The number of anilines is 2. The molecule has 3 N–H and O–H groups in total. The number of carbonyl (C=O) groups excluding carboxylic acids is 1. The number of benzene rings is 1. The van der Waals surface area contributed by atoms with Crippen molar-refractivity contribution in [1.29, 1.82) is 0 Å². The number of amides is 2. The molecular weight excluding hydrogens is 478 g/mol. The summed E-state index contributed by atoms with van der Waals surface area (Å²) < 4.78 is 1.13. The molecule has 0 atom stereocenters. The number of nitrogens with zero attached hydrogens (tertiary/aromatic N) is 4. The molecule has 158 valence electrons. The number of aromatic nitrogens is 4. The largest absolute Gasteiger partial charge is 0.340 e. The lowest BCUT2D eigenvalue weighted by Gasteiger charge is -2.26. The van der Waals surface area contributed by atoms with Crippen LogP contribution in [0, 0.1) is 0 Å². The van der Waals surface area contributed by atoms with E-state index in [1.807, 2.05) is 22.5 Å². The normalized spacial score (nSPS) is 14.1. The Morgan fingerprint density at radius 1 is 1.26 bits per heavy atom. The summed E-state index contributed by atoms with van der Waals surface area (Å²) in [4.78, 5) is 30.5. The zero-order chi connectivity index (χ0) is 21.2. The molecule has 0 unspecified atom stereocenters. The van der Waals surface area contributed by atoms with Crippen LogP contribution in [0.4, 0.5) is 16.3 Å². The van der Waals surface area contributed by atoms with Crippen LogP contribution in [0.3, 0.4) is 0 Å². The molecule has 1 aromatic carbocycles. The molecule has 0 saturated heterocycles. The number of urea groups is 1. The van der Waals surface area contributed by atoms with Gasteiger partial charge in [0.15, 0.2) is 0 Å². The minimum atomic E-state index is -0.0262. The summed E-state index contributed by atoms with van der Waals surface area (Å²) in [6.07, 6.45) is 4.44. The topological polar surface area (TPSA) is 98.8 Å². The molecule has 1 aliphatic heterocycles. The van der Waals surface area contributed by atoms with Crippen molar-refractivity contribution < 1.29 is 4.79 Å². The second-order valence-electron chi connectivity index (χ2n) is 7.17. The molecule has 5 rings (SSSR count). The van der Waals surface area contributed by atoms with Crippen molar-refractivity contribution in [2.75, 3.05) is 30.3 Å². The first kappa shape index (κ1) is 20.0. The van der Waals surface area contributed by atoms with Gasteiger partial charge in [0.05, 0.1) is 21.1 Å². The van der Waals surface area contributed by atoms with E-state index in [0.29, 0.717) is 19.6 Å². The monoisotopic (exact) mass is 497 g/mol. The van der Waals surface area contributed by atoms with E-state index in [1.165, 1.54) is 5.57 Å². The molecule has 31 heavy (non-hydrogen) atoms. The van der Waals surface area contributed by atoms with Crippen molar-refractivity contribution in [3.8, 4) is 0 Å². The van der Waals surface area contributed by atoms with E-state index in [0.717, 1.165) is 50.2 Å². The van der Waals surface area contributed by atoms with Crippen molar-refractivity contribution in [2.24, 2.45) is 0 Å². The number of H-pyrrole nitrogens is 1. The number of carbonyl (C=O) groups is 1. The van der Waals surface area contributed by atoms with E-state index in [2.05, 4.69) is 64.7 Å². The van der Waals surface area contributed by atoms with Gasteiger partial charge in [0.1, 0.15) is 17.8 Å². The van der Waals surface area contributed by atoms with Crippen LogP contribution in [0.15, 0.2) is 42.2 Å². The minimum absolute atomic E-state index is 0.0262. The van der Waals surface area contributed by atoms with Crippen LogP contribution in [-0.2, 0) is 0 Å². The number of nitrogens with one attached hydrogen (secondary N) is 3. The summed E-state index contributed by atoms with van der Waals surface area (Å²) in [5.74, 6) is 0.753. The number of rotatable bonds is 5. The van der Waals surface area contributed by atoms with Gasteiger partial charge in [-0.3, -0.25) is 0 Å². The average Bonchev–Trinajstić information content (AvgIpc) is 3.45. The van der Waals surface area contributed by atoms with Crippen molar-refractivity contribution in [1.82, 2.24) is 30.2 Å². The maximum atomic E-state index is 12.2. The van der Waals surface area contributed by atoms with E-state index < -0.39 is 0 Å². The molecule has 4 heterocycles. The van der Waals surface area contributed by atoms with Crippen LogP contribution in [-0.4, -0.2) is 55.8 Å². The highest BCUT2D eigenvalue weighted by Gasteiger charge is 2.19. The third-order valence-electron chi connectivity index (χ3n) is 5.23. The lowest BCUT2D eigenvalue weighted by molar-refractivity contribution is 0.204. The number of halogens is 1. The van der Waals surface area contributed by atoms with Crippen LogP contribution < -0.4 is 10.6 Å². The molecule has 4 aromatic rings. The van der Waals surface area contributed by atoms with Crippen LogP contribution in [0.1, 0.15) is 12.1 Å². The van der Waals surface area contributed by atoms with E-state index >= 15 is 0 Å². The maximum Gasteiger partial charge on any atom is 0.317 e. The van der Waals surface area contributed by atoms with E-state index in [-0.39, 0.29) is 6.03 Å². The van der Waals surface area contributed by atoms with Gasteiger partial charge < -0.3 is 20.5 Å². The third-order valence-corrected chi connectivity index (χ3v) is 6.42. The lowest BCUT2D eigenvalue weighted by Crippen LogP contribution is -2.42. The van der Waals surface area contributed by atoms with Crippen LogP contribution in [0.2, 0.25) is 0 Å². The number of alkyl halides is 1. The lowest BCUT2D eigenvalue weighted by atomic mass is 10.1. The highest BCUT2D eigenvalue weighted by Crippen LogP contribution is 2.30. The van der Waals surface area contributed by atoms with Crippen molar-refractivity contribution in [3.63, 3.8) is 0 Å². The summed E-state index contributed by atoms with van der Waals surface area (Å²) in [5, 5.41) is 7.98. The Bertz CT molecular complexity index is 1280. The van der Waals surface area contributed by atoms with Gasteiger partial charge in [0.25, 0.3) is 0 Å². The molecule has 0 spiro atoms. The molecule has 0 aliphatic carbocycles. The average molecular weight is 498 g/mol. The first-order valence-electron chi connectivity index (χ1n) is 9.93. The maximum absolute atomic E-state index is 12.2. The highest BCUT2D eigenvalue weighted by atomic mass is 79.9. The standard InChI is InChI=1S/C21H20BrN7OS/c22-5-6-23-21(30)29-7-3-13(4-8-29)17-10-15-19(24-11-25-20(15)28-17)27-14-1-2-16-18(9-14)31-12-26-16/h1-3,9-12H,4-8H2,(H,23,30)(H2,24,25,27,28). The molecule has 2 amide bonds. The summed E-state index contributed by atoms with van der Waals surface area (Å²) >= 11 is 4.94. The first-order chi connectivity index (χ1) is 15.2. The van der Waals surface area contributed by atoms with E-state index in [4.69, 9.17) is 0 Å². The number of hydrogen-bond acceptors (Lipinski definition) is 6. The van der Waals surface area contributed by atoms with Crippen molar-refractivity contribution in [3.05, 3.63) is 47.9 Å². The van der Waals surface area contributed by atoms with Crippen LogP contribution in [0.5, 0.6) is 0 Å². The Balaban J connectivity index is 1.37. The summed E-state index contributed by atoms with van der Waals surface area (Å²) in [6, 6.07) is 8.13. The molecule has 8 nitrogen and oxygen atoms in total. The summed E-state index contributed by atoms with van der Waals surface area (Å²) in [6.45, 7) is 1.89. The molecular formula is C21H20BrN7OS. The van der Waals surface area contributed by atoms with Gasteiger partial charge in [-0.15, -0.1) is 11.3 Å². The van der Waals surface area contributed by atoms with E-state index in [1.54, 1.807) is 17.7 Å². The zero-order valence-electron chi connectivity index (χ0n) is 16.6. The second-order valence-corrected chi connectivity index (χ2v) is 8.85. The third kappa shape index (κ3) is 4.13. The Kier molecular flexibility index (Phi) is 5.56. The second kappa shape index (κ2) is 8.64. The van der Waals surface area contributed by atoms with Gasteiger partial charge in [-0.1, -0.05) is 22.0 Å². The molecule has 3 aromatic heterocycles. The molecule has 0 saturated carbocycles. The van der Waals surface area contributed by atoms with Gasteiger partial charge in [-0.05, 0) is 36.3 Å². The summed E-state index contributed by atoms with van der Waals surface area (Å²) in [7, 11) is 0. The molecule has 0 radical (unpaired) electrons. The quantitative estimate of drug-likeness (QED) is 0.352. The summed E-state index contributed by atoms with van der Waals surface area (Å²) in [5.41, 5.74) is 6.77. The number of fused-ring (bicyclic) bond motifs is 2. The van der Waals surface area contributed by atoms with E-state index in [9.17, 15) is 4.79 Å².